The Balaban J connectivity index is 3.23. The highest BCUT2D eigenvalue weighted by molar-refractivity contribution is 5.51. The van der Waals surface area contributed by atoms with Gasteiger partial charge in [0.25, 0.3) is 5.67 Å². The maximum Gasteiger partial charge on any atom is 0.435 e. The minimum Gasteiger partial charge on any atom is -0.227 e. The molecule has 0 saturated carbocycles. The van der Waals surface area contributed by atoms with Gasteiger partial charge in [0.05, 0.1) is 11.1 Å². The minimum absolute atomic E-state index is 3.39. The van der Waals surface area contributed by atoms with Crippen molar-refractivity contribution in [3.05, 3.63) is 34.4 Å². The lowest BCUT2D eigenvalue weighted by Gasteiger charge is -2.42. The van der Waals surface area contributed by atoms with Gasteiger partial charge in [0.15, 0.2) is 23.3 Å². The van der Waals surface area contributed by atoms with Gasteiger partial charge < -0.3 is 0 Å². The molecule has 1 unspecified atom stereocenters. The Labute approximate surface area is 141 Å². The molecule has 1 aliphatic rings. The van der Waals surface area contributed by atoms with Crippen molar-refractivity contribution in [2.75, 3.05) is 0 Å². The highest BCUT2D eigenvalue weighted by atomic mass is 19.4. The van der Waals surface area contributed by atoms with E-state index in [0.717, 1.165) is 0 Å². The SMILES string of the molecule is Fc1c(F)c(F)c2c(c1F)C(F)(F)C(F)(F)C2(F)C(F)(C(F)(F)F)C(F)(F)F. The quantitative estimate of drug-likeness (QED) is 0.282. The number of hydrogen-bond donors (Lipinski definition) is 0. The summed E-state index contributed by atoms with van der Waals surface area (Å²) in [6, 6.07) is 0. The van der Waals surface area contributed by atoms with Gasteiger partial charge in [-0.25, -0.2) is 26.3 Å². The van der Waals surface area contributed by atoms with Gasteiger partial charge >= 0.3 is 29.9 Å². The number of hydrogen-bond acceptors (Lipinski definition) is 0. The van der Waals surface area contributed by atoms with Crippen LogP contribution < -0.4 is 0 Å². The highest BCUT2D eigenvalue weighted by Gasteiger charge is 2.96. The lowest BCUT2D eigenvalue weighted by Crippen LogP contribution is -2.70. The Morgan fingerprint density at radius 2 is 0.821 bits per heavy atom. The zero-order chi connectivity index (χ0) is 22.5. The molecule has 0 aliphatic heterocycles. The van der Waals surface area contributed by atoms with Gasteiger partial charge in [0.1, 0.15) is 0 Å². The molecule has 0 heterocycles. The number of alkyl halides is 12. The van der Waals surface area contributed by atoms with Crippen LogP contribution in [0.1, 0.15) is 11.1 Å². The summed E-state index contributed by atoms with van der Waals surface area (Å²) in [6.07, 6.45) is -15.6. The molecule has 160 valence electrons. The molecule has 1 aromatic carbocycles. The first-order valence-corrected chi connectivity index (χ1v) is 6.27. The Bertz CT molecular complexity index is 816. The second kappa shape index (κ2) is 5.37. The standard InChI is InChI=1S/C12F16/c13-3-1-2(4(14)6(16)5(3)15)8(18,19)10(21,22)7(1,17)9(20,11(23,24)25)12(26,27)28. The molecule has 0 spiro atoms. The zero-order valence-electron chi connectivity index (χ0n) is 12.0. The molecule has 0 N–H and O–H groups in total. The lowest BCUT2D eigenvalue weighted by atomic mass is 9.77. The van der Waals surface area contributed by atoms with Gasteiger partial charge in [-0.3, -0.25) is 0 Å². The molecular weight excluding hydrogens is 448 g/mol. The summed E-state index contributed by atoms with van der Waals surface area (Å²) in [6.45, 7) is 0. The Morgan fingerprint density at radius 1 is 0.500 bits per heavy atom. The van der Waals surface area contributed by atoms with Crippen LogP contribution in [0.25, 0.3) is 0 Å². The van der Waals surface area contributed by atoms with Gasteiger partial charge in [0.2, 0.25) is 0 Å². The van der Waals surface area contributed by atoms with Crippen LogP contribution in [0.5, 0.6) is 0 Å². The van der Waals surface area contributed by atoms with Gasteiger partial charge in [-0.15, -0.1) is 0 Å². The lowest BCUT2D eigenvalue weighted by molar-refractivity contribution is -0.417. The predicted octanol–water partition coefficient (Wildman–Crippen LogP) is 5.98. The van der Waals surface area contributed by atoms with Gasteiger partial charge in [-0.05, 0) is 0 Å². The van der Waals surface area contributed by atoms with Crippen molar-refractivity contribution >= 4 is 0 Å². The predicted molar refractivity (Wildman–Crippen MR) is 53.8 cm³/mol. The summed E-state index contributed by atoms with van der Waals surface area (Å²) in [5.41, 5.74) is -23.2. The summed E-state index contributed by atoms with van der Waals surface area (Å²) in [5, 5.41) is 0. The van der Waals surface area contributed by atoms with Crippen LogP contribution in [-0.2, 0) is 11.6 Å². The Hall–Kier alpha value is -1.90. The van der Waals surface area contributed by atoms with Crippen molar-refractivity contribution in [2.24, 2.45) is 0 Å². The molecular formula is C12F16. The van der Waals surface area contributed by atoms with E-state index in [1.165, 1.54) is 0 Å². The van der Waals surface area contributed by atoms with E-state index in [1.54, 1.807) is 0 Å². The third-order valence-corrected chi connectivity index (χ3v) is 4.01. The van der Waals surface area contributed by atoms with Crippen LogP contribution in [0.15, 0.2) is 0 Å². The molecule has 0 radical (unpaired) electrons. The van der Waals surface area contributed by atoms with E-state index in [0.29, 0.717) is 0 Å². The van der Waals surface area contributed by atoms with Crippen LogP contribution in [0.2, 0.25) is 0 Å². The molecule has 0 bridgehead atoms. The van der Waals surface area contributed by atoms with Gasteiger partial charge in [0, 0.05) is 0 Å². The van der Waals surface area contributed by atoms with Crippen molar-refractivity contribution in [1.82, 2.24) is 0 Å². The molecule has 0 fully saturated rings. The van der Waals surface area contributed by atoms with Crippen LogP contribution >= 0.6 is 0 Å². The molecule has 0 aromatic heterocycles. The van der Waals surface area contributed by atoms with E-state index in [2.05, 4.69) is 0 Å². The van der Waals surface area contributed by atoms with E-state index in [9.17, 15) is 70.2 Å². The van der Waals surface area contributed by atoms with Crippen molar-refractivity contribution < 1.29 is 70.2 Å². The van der Waals surface area contributed by atoms with Crippen molar-refractivity contribution in [3.8, 4) is 0 Å². The van der Waals surface area contributed by atoms with E-state index >= 15 is 0 Å². The Morgan fingerprint density at radius 3 is 1.14 bits per heavy atom. The van der Waals surface area contributed by atoms with Crippen molar-refractivity contribution in [3.63, 3.8) is 0 Å². The number of halogens is 16. The third kappa shape index (κ3) is 2.06. The van der Waals surface area contributed by atoms with Crippen molar-refractivity contribution in [1.29, 1.82) is 0 Å². The fraction of sp³-hybridized carbons (Fsp3) is 0.500. The van der Waals surface area contributed by atoms with E-state index < -0.39 is 69.9 Å². The second-order valence-electron chi connectivity index (χ2n) is 5.47. The molecule has 16 heteroatoms. The maximum atomic E-state index is 14.6. The summed E-state index contributed by atoms with van der Waals surface area (Å²) >= 11 is 0. The fourth-order valence-corrected chi connectivity index (χ4v) is 2.72. The summed E-state index contributed by atoms with van der Waals surface area (Å²) in [5.74, 6) is -28.7. The first kappa shape index (κ1) is 22.4. The highest BCUT2D eigenvalue weighted by Crippen LogP contribution is 2.72. The molecule has 28 heavy (non-hydrogen) atoms. The first-order chi connectivity index (χ1) is 12.1. The summed E-state index contributed by atoms with van der Waals surface area (Å²) in [4.78, 5) is 0. The largest absolute Gasteiger partial charge is 0.435 e. The molecule has 1 aliphatic carbocycles. The molecule has 0 saturated heterocycles. The summed E-state index contributed by atoms with van der Waals surface area (Å²) in [7, 11) is 0. The fourth-order valence-electron chi connectivity index (χ4n) is 2.72. The topological polar surface area (TPSA) is 0 Å². The minimum atomic E-state index is -8.00. The molecule has 0 amide bonds. The average Bonchev–Trinajstić information content (AvgIpc) is 2.63. The number of benzene rings is 1. The average molecular weight is 448 g/mol. The summed E-state index contributed by atoms with van der Waals surface area (Å²) < 4.78 is 213. The van der Waals surface area contributed by atoms with Gasteiger partial charge in [-0.1, -0.05) is 0 Å². The van der Waals surface area contributed by atoms with Crippen LogP contribution in [0.4, 0.5) is 70.2 Å². The molecule has 1 aromatic rings. The third-order valence-electron chi connectivity index (χ3n) is 4.01. The second-order valence-corrected chi connectivity index (χ2v) is 5.47. The molecule has 2 rings (SSSR count). The maximum absolute atomic E-state index is 14.6. The van der Waals surface area contributed by atoms with Crippen molar-refractivity contribution in [2.45, 2.75) is 35.5 Å². The van der Waals surface area contributed by atoms with E-state index in [-0.39, 0.29) is 0 Å². The molecule has 1 atom stereocenters. The van der Waals surface area contributed by atoms with Crippen LogP contribution in [0.3, 0.4) is 0 Å². The zero-order valence-corrected chi connectivity index (χ0v) is 12.0. The molecule has 0 nitrogen and oxygen atoms in total. The van der Waals surface area contributed by atoms with E-state index in [1.807, 2.05) is 0 Å². The number of fused-ring (bicyclic) bond motifs is 1. The monoisotopic (exact) mass is 448 g/mol. The smallest absolute Gasteiger partial charge is 0.227 e. The number of rotatable bonds is 1. The Kier molecular flexibility index (Phi) is 4.29. The van der Waals surface area contributed by atoms with E-state index in [4.69, 9.17) is 0 Å². The first-order valence-electron chi connectivity index (χ1n) is 6.27. The van der Waals surface area contributed by atoms with Gasteiger partial charge in [-0.2, -0.15) is 43.9 Å². The normalized spacial score (nSPS) is 24.4. The van der Waals surface area contributed by atoms with Crippen LogP contribution in [0, 0.1) is 23.3 Å². The van der Waals surface area contributed by atoms with Crippen LogP contribution in [-0.4, -0.2) is 23.9 Å².